The van der Waals surface area contributed by atoms with E-state index < -0.39 is 11.6 Å². The highest BCUT2D eigenvalue weighted by Crippen LogP contribution is 2.31. The Hall–Kier alpha value is -1.76. The summed E-state index contributed by atoms with van der Waals surface area (Å²) in [6.07, 6.45) is 1.16. The van der Waals surface area contributed by atoms with Crippen LogP contribution in [-0.4, -0.2) is 9.97 Å². The maximum absolute atomic E-state index is 13.3. The molecule has 0 atom stereocenters. The van der Waals surface area contributed by atoms with Crippen molar-refractivity contribution in [3.8, 4) is 11.6 Å². The molecule has 0 aliphatic carbocycles. The Morgan fingerprint density at radius 3 is 2.76 bits per heavy atom. The summed E-state index contributed by atoms with van der Waals surface area (Å²) in [7, 11) is 0. The Balaban J connectivity index is 2.38. The number of nitrogen functional groups attached to an aromatic ring is 1. The number of hydrogen-bond donors (Lipinski definition) is 1. The molecule has 0 unspecified atom stereocenters. The van der Waals surface area contributed by atoms with Crippen molar-refractivity contribution in [3.05, 3.63) is 40.6 Å². The average Bonchev–Trinajstić information content (AvgIpc) is 2.30. The largest absolute Gasteiger partial charge is 0.434 e. The van der Waals surface area contributed by atoms with E-state index in [1.807, 2.05) is 0 Å². The summed E-state index contributed by atoms with van der Waals surface area (Å²) >= 11 is 3.09. The number of halogens is 3. The molecule has 1 heterocycles. The highest BCUT2D eigenvalue weighted by Gasteiger charge is 2.12. The van der Waals surface area contributed by atoms with Gasteiger partial charge in [-0.15, -0.1) is 0 Å². The van der Waals surface area contributed by atoms with Crippen LogP contribution >= 0.6 is 15.9 Å². The van der Waals surface area contributed by atoms with Crippen LogP contribution in [0.4, 0.5) is 14.6 Å². The quantitative estimate of drug-likeness (QED) is 0.926. The van der Waals surface area contributed by atoms with Gasteiger partial charge in [-0.05, 0) is 28.1 Å². The third-order valence-electron chi connectivity index (χ3n) is 1.88. The Bertz CT molecular complexity index is 565. The van der Waals surface area contributed by atoms with Gasteiger partial charge in [-0.1, -0.05) is 0 Å². The van der Waals surface area contributed by atoms with E-state index >= 15 is 0 Å². The zero-order valence-corrected chi connectivity index (χ0v) is 9.91. The van der Waals surface area contributed by atoms with Crippen molar-refractivity contribution < 1.29 is 13.5 Å². The lowest BCUT2D eigenvalue weighted by molar-refractivity contribution is 0.419. The molecule has 2 N–H and O–H groups in total. The van der Waals surface area contributed by atoms with E-state index in [0.29, 0.717) is 0 Å². The van der Waals surface area contributed by atoms with Crippen molar-refractivity contribution in [1.29, 1.82) is 0 Å². The number of aromatic nitrogens is 2. The highest BCUT2D eigenvalue weighted by molar-refractivity contribution is 9.10. The van der Waals surface area contributed by atoms with Gasteiger partial charge in [0, 0.05) is 6.07 Å². The molecule has 0 fully saturated rings. The van der Waals surface area contributed by atoms with E-state index in [9.17, 15) is 8.78 Å². The Kier molecular flexibility index (Phi) is 3.19. The minimum Gasteiger partial charge on any atom is -0.434 e. The van der Waals surface area contributed by atoms with Crippen LogP contribution < -0.4 is 10.5 Å². The number of benzene rings is 1. The van der Waals surface area contributed by atoms with Gasteiger partial charge in [0.2, 0.25) is 5.88 Å². The second kappa shape index (κ2) is 4.62. The smallest absolute Gasteiger partial charge is 0.239 e. The van der Waals surface area contributed by atoms with Gasteiger partial charge in [-0.25, -0.2) is 18.7 Å². The molecule has 0 amide bonds. The molecule has 1 aromatic carbocycles. The third kappa shape index (κ3) is 2.50. The van der Waals surface area contributed by atoms with Crippen LogP contribution in [0.3, 0.4) is 0 Å². The second-order valence-corrected chi connectivity index (χ2v) is 3.85. The fraction of sp³-hybridized carbons (Fsp3) is 0. The monoisotopic (exact) mass is 301 g/mol. The molecule has 0 saturated heterocycles. The number of nitrogens with two attached hydrogens (primary N) is 1. The van der Waals surface area contributed by atoms with Gasteiger partial charge in [-0.3, -0.25) is 0 Å². The lowest BCUT2D eigenvalue weighted by Gasteiger charge is -2.07. The van der Waals surface area contributed by atoms with Crippen LogP contribution in [-0.2, 0) is 0 Å². The van der Waals surface area contributed by atoms with Gasteiger partial charge < -0.3 is 10.5 Å². The summed E-state index contributed by atoms with van der Waals surface area (Å²) in [6, 6.07) is 2.87. The predicted octanol–water partition coefficient (Wildman–Crippen LogP) is 2.89. The van der Waals surface area contributed by atoms with Crippen LogP contribution in [0.5, 0.6) is 11.6 Å². The normalized spacial score (nSPS) is 10.3. The Morgan fingerprint density at radius 1 is 1.24 bits per heavy atom. The molecule has 4 nitrogen and oxygen atoms in total. The van der Waals surface area contributed by atoms with E-state index in [4.69, 9.17) is 10.5 Å². The number of hydrogen-bond acceptors (Lipinski definition) is 4. The fourth-order valence-electron chi connectivity index (χ4n) is 1.10. The zero-order chi connectivity index (χ0) is 12.4. The van der Waals surface area contributed by atoms with Gasteiger partial charge in [-0.2, -0.15) is 0 Å². The molecular formula is C10H6BrF2N3O. The molecule has 88 valence electrons. The fourth-order valence-corrected chi connectivity index (χ4v) is 1.38. The van der Waals surface area contributed by atoms with Crippen LogP contribution in [0, 0.1) is 11.6 Å². The van der Waals surface area contributed by atoms with Crippen molar-refractivity contribution >= 4 is 21.7 Å². The summed E-state index contributed by atoms with van der Waals surface area (Å²) < 4.78 is 31.6. The van der Waals surface area contributed by atoms with E-state index in [1.54, 1.807) is 0 Å². The molecule has 1 aromatic heterocycles. The van der Waals surface area contributed by atoms with Crippen LogP contribution in [0.2, 0.25) is 0 Å². The summed E-state index contributed by atoms with van der Waals surface area (Å²) in [5, 5.41) is 0. The van der Waals surface area contributed by atoms with Gasteiger partial charge in [0.05, 0.1) is 0 Å². The standard InChI is InChI=1S/C10H6BrF2N3O/c11-8-9(14)15-4-16-10(8)17-7-3-5(12)1-2-6(7)13/h1-4H,(H2,14,15,16). The number of ether oxygens (including phenoxy) is 1. The molecular weight excluding hydrogens is 296 g/mol. The van der Waals surface area contributed by atoms with Crippen molar-refractivity contribution in [1.82, 2.24) is 9.97 Å². The van der Waals surface area contributed by atoms with Crippen molar-refractivity contribution in [2.24, 2.45) is 0 Å². The van der Waals surface area contributed by atoms with Gasteiger partial charge in [0.15, 0.2) is 11.6 Å². The average molecular weight is 302 g/mol. The van der Waals surface area contributed by atoms with E-state index in [0.717, 1.165) is 24.5 Å². The molecule has 17 heavy (non-hydrogen) atoms. The first kappa shape index (κ1) is 11.7. The lowest BCUT2D eigenvalue weighted by atomic mass is 10.3. The molecule has 0 saturated carbocycles. The first-order valence-electron chi connectivity index (χ1n) is 4.47. The van der Waals surface area contributed by atoms with Crippen LogP contribution in [0.1, 0.15) is 0 Å². The molecule has 0 radical (unpaired) electrons. The molecule has 0 bridgehead atoms. The van der Waals surface area contributed by atoms with Crippen molar-refractivity contribution in [2.75, 3.05) is 5.73 Å². The van der Waals surface area contributed by atoms with Crippen molar-refractivity contribution in [3.63, 3.8) is 0 Å². The first-order chi connectivity index (χ1) is 8.08. The minimum atomic E-state index is -0.699. The number of rotatable bonds is 2. The Labute approximate surface area is 104 Å². The second-order valence-electron chi connectivity index (χ2n) is 3.05. The van der Waals surface area contributed by atoms with Gasteiger partial charge in [0.25, 0.3) is 0 Å². The third-order valence-corrected chi connectivity index (χ3v) is 2.63. The van der Waals surface area contributed by atoms with E-state index in [1.165, 1.54) is 0 Å². The van der Waals surface area contributed by atoms with E-state index in [-0.39, 0.29) is 21.9 Å². The van der Waals surface area contributed by atoms with Crippen LogP contribution in [0.15, 0.2) is 29.0 Å². The van der Waals surface area contributed by atoms with Crippen molar-refractivity contribution in [2.45, 2.75) is 0 Å². The maximum Gasteiger partial charge on any atom is 0.239 e. The summed E-state index contributed by atoms with van der Waals surface area (Å²) in [5.74, 6) is -1.42. The lowest BCUT2D eigenvalue weighted by Crippen LogP contribution is -1.98. The molecule has 7 heteroatoms. The highest BCUT2D eigenvalue weighted by atomic mass is 79.9. The Morgan fingerprint density at radius 2 is 2.00 bits per heavy atom. The summed E-state index contributed by atoms with van der Waals surface area (Å²) in [5.41, 5.74) is 5.50. The SMILES string of the molecule is Nc1ncnc(Oc2cc(F)ccc2F)c1Br. The minimum absolute atomic E-state index is 0.0157. The molecule has 0 spiro atoms. The predicted molar refractivity (Wildman–Crippen MR) is 60.6 cm³/mol. The first-order valence-corrected chi connectivity index (χ1v) is 5.26. The van der Waals surface area contributed by atoms with E-state index in [2.05, 4.69) is 25.9 Å². The molecule has 0 aliphatic heterocycles. The number of anilines is 1. The van der Waals surface area contributed by atoms with Crippen LogP contribution in [0.25, 0.3) is 0 Å². The van der Waals surface area contributed by atoms with Gasteiger partial charge in [0.1, 0.15) is 22.4 Å². The maximum atomic E-state index is 13.3. The number of nitrogens with zero attached hydrogens (tertiary/aromatic N) is 2. The zero-order valence-electron chi connectivity index (χ0n) is 8.32. The summed E-state index contributed by atoms with van der Waals surface area (Å²) in [6.45, 7) is 0. The van der Waals surface area contributed by atoms with Gasteiger partial charge >= 0.3 is 0 Å². The summed E-state index contributed by atoms with van der Waals surface area (Å²) in [4.78, 5) is 7.45. The molecule has 2 aromatic rings. The topological polar surface area (TPSA) is 61.0 Å². The molecule has 0 aliphatic rings. The molecule has 2 rings (SSSR count).